The quantitative estimate of drug-likeness (QED) is 0.878. The molecule has 3 nitrogen and oxygen atoms in total. The number of imidazole rings is 1. The van der Waals surface area contributed by atoms with E-state index in [9.17, 15) is 0 Å². The Balaban J connectivity index is 2.33. The van der Waals surface area contributed by atoms with Gasteiger partial charge in [0.1, 0.15) is 5.82 Å². The molecule has 1 aromatic carbocycles. The minimum Gasteiger partial charge on any atom is -0.340 e. The van der Waals surface area contributed by atoms with Crippen LogP contribution in [-0.4, -0.2) is 9.97 Å². The zero-order valence-electron chi connectivity index (χ0n) is 12.2. The first-order valence-electron chi connectivity index (χ1n) is 6.86. The molecule has 1 atom stereocenters. The van der Waals surface area contributed by atoms with Gasteiger partial charge in [-0.05, 0) is 49.9 Å². The highest BCUT2D eigenvalue weighted by atomic mass is 15.0. The summed E-state index contributed by atoms with van der Waals surface area (Å²) < 4.78 is 0. The number of nitrogens with two attached hydrogens (primary N) is 1. The first-order chi connectivity index (χ1) is 8.94. The second-order valence-electron chi connectivity index (χ2n) is 5.61. The normalized spacial score (nSPS) is 14.4. The maximum Gasteiger partial charge on any atom is 0.126 e. The molecule has 0 aliphatic heterocycles. The molecule has 0 bridgehead atoms. The monoisotopic (exact) mass is 257 g/mol. The number of hydrogen-bond donors (Lipinski definition) is 2. The molecular weight excluding hydrogens is 234 g/mol. The average Bonchev–Trinajstić information content (AvgIpc) is 2.83. The molecule has 2 aromatic rings. The Morgan fingerprint density at radius 1 is 1.26 bits per heavy atom. The SMILES string of the molecule is CCCC(C)(N)c1ncc(-c2ccc(C)c(C)c2)[nH]1. The van der Waals surface area contributed by atoms with Crippen molar-refractivity contribution in [2.24, 2.45) is 5.73 Å². The van der Waals surface area contributed by atoms with Crippen molar-refractivity contribution in [3.63, 3.8) is 0 Å². The third kappa shape index (κ3) is 2.87. The van der Waals surface area contributed by atoms with E-state index in [4.69, 9.17) is 5.73 Å². The van der Waals surface area contributed by atoms with Gasteiger partial charge >= 0.3 is 0 Å². The lowest BCUT2D eigenvalue weighted by atomic mass is 9.97. The molecule has 0 radical (unpaired) electrons. The van der Waals surface area contributed by atoms with Crippen molar-refractivity contribution in [1.82, 2.24) is 9.97 Å². The van der Waals surface area contributed by atoms with Gasteiger partial charge in [0.2, 0.25) is 0 Å². The van der Waals surface area contributed by atoms with Crippen molar-refractivity contribution in [3.8, 4) is 11.3 Å². The highest BCUT2D eigenvalue weighted by Gasteiger charge is 2.23. The molecule has 1 heterocycles. The lowest BCUT2D eigenvalue weighted by Crippen LogP contribution is -2.34. The Hall–Kier alpha value is -1.61. The lowest BCUT2D eigenvalue weighted by molar-refractivity contribution is 0.423. The number of H-pyrrole nitrogens is 1. The van der Waals surface area contributed by atoms with Gasteiger partial charge in [0.05, 0.1) is 17.4 Å². The molecular formula is C16H23N3. The standard InChI is InChI=1S/C16H23N3/c1-5-8-16(4,17)15-18-10-14(19-15)13-7-6-11(2)12(3)9-13/h6-7,9-10H,5,8,17H2,1-4H3,(H,18,19). The van der Waals surface area contributed by atoms with Crippen LogP contribution in [0.1, 0.15) is 43.6 Å². The molecule has 0 fully saturated rings. The predicted octanol–water partition coefficient (Wildman–Crippen LogP) is 3.67. The number of aromatic amines is 1. The summed E-state index contributed by atoms with van der Waals surface area (Å²) in [5.74, 6) is 0.863. The van der Waals surface area contributed by atoms with E-state index in [-0.39, 0.29) is 5.54 Å². The fourth-order valence-corrected chi connectivity index (χ4v) is 2.30. The summed E-state index contributed by atoms with van der Waals surface area (Å²) in [7, 11) is 0. The number of rotatable bonds is 4. The Kier molecular flexibility index (Phi) is 3.76. The van der Waals surface area contributed by atoms with Gasteiger partial charge in [0.25, 0.3) is 0 Å². The average molecular weight is 257 g/mol. The van der Waals surface area contributed by atoms with Crippen LogP contribution in [0.15, 0.2) is 24.4 Å². The van der Waals surface area contributed by atoms with E-state index in [2.05, 4.69) is 48.9 Å². The van der Waals surface area contributed by atoms with Crippen LogP contribution in [0.3, 0.4) is 0 Å². The first kappa shape index (κ1) is 13.8. The molecule has 1 unspecified atom stereocenters. The molecule has 2 rings (SSSR count). The Labute approximate surface area is 115 Å². The van der Waals surface area contributed by atoms with E-state index in [0.29, 0.717) is 0 Å². The van der Waals surface area contributed by atoms with Gasteiger partial charge in [-0.1, -0.05) is 25.5 Å². The molecule has 0 amide bonds. The van der Waals surface area contributed by atoms with Gasteiger partial charge < -0.3 is 10.7 Å². The van der Waals surface area contributed by atoms with E-state index in [1.807, 2.05) is 13.1 Å². The third-order valence-corrected chi connectivity index (χ3v) is 3.70. The van der Waals surface area contributed by atoms with E-state index < -0.39 is 0 Å². The Morgan fingerprint density at radius 3 is 2.63 bits per heavy atom. The predicted molar refractivity (Wildman–Crippen MR) is 79.9 cm³/mol. The van der Waals surface area contributed by atoms with Gasteiger partial charge in [0.15, 0.2) is 0 Å². The Bertz CT molecular complexity index is 567. The number of benzene rings is 1. The molecule has 0 aliphatic carbocycles. The number of hydrogen-bond acceptors (Lipinski definition) is 2. The van der Waals surface area contributed by atoms with Gasteiger partial charge in [0, 0.05) is 0 Å². The fraction of sp³-hybridized carbons (Fsp3) is 0.438. The van der Waals surface area contributed by atoms with E-state index in [0.717, 1.165) is 29.9 Å². The largest absolute Gasteiger partial charge is 0.340 e. The van der Waals surface area contributed by atoms with Crippen LogP contribution in [-0.2, 0) is 5.54 Å². The van der Waals surface area contributed by atoms with E-state index in [1.54, 1.807) is 0 Å². The molecule has 1 aromatic heterocycles. The lowest BCUT2D eigenvalue weighted by Gasteiger charge is -2.21. The Morgan fingerprint density at radius 2 is 2.00 bits per heavy atom. The van der Waals surface area contributed by atoms with Crippen LogP contribution in [0, 0.1) is 13.8 Å². The minimum atomic E-state index is -0.382. The zero-order chi connectivity index (χ0) is 14.0. The van der Waals surface area contributed by atoms with Crippen molar-refractivity contribution in [3.05, 3.63) is 41.3 Å². The summed E-state index contributed by atoms with van der Waals surface area (Å²) >= 11 is 0. The maximum atomic E-state index is 6.30. The molecule has 3 heteroatoms. The summed E-state index contributed by atoms with van der Waals surface area (Å²) in [6, 6.07) is 6.44. The van der Waals surface area contributed by atoms with Crippen molar-refractivity contribution in [2.45, 2.75) is 46.1 Å². The highest BCUT2D eigenvalue weighted by molar-refractivity contribution is 5.60. The van der Waals surface area contributed by atoms with Crippen molar-refractivity contribution >= 4 is 0 Å². The van der Waals surface area contributed by atoms with E-state index in [1.165, 1.54) is 11.1 Å². The first-order valence-corrected chi connectivity index (χ1v) is 6.86. The molecule has 0 aliphatic rings. The molecule has 0 saturated carbocycles. The van der Waals surface area contributed by atoms with Crippen molar-refractivity contribution in [1.29, 1.82) is 0 Å². The summed E-state index contributed by atoms with van der Waals surface area (Å²) in [4.78, 5) is 7.82. The number of nitrogens with zero attached hydrogens (tertiary/aromatic N) is 1. The number of aryl methyl sites for hydroxylation is 2. The topological polar surface area (TPSA) is 54.7 Å². The summed E-state index contributed by atoms with van der Waals surface area (Å²) in [6.45, 7) is 8.41. The van der Waals surface area contributed by atoms with Crippen LogP contribution in [0.25, 0.3) is 11.3 Å². The number of aromatic nitrogens is 2. The van der Waals surface area contributed by atoms with Crippen LogP contribution >= 0.6 is 0 Å². The van der Waals surface area contributed by atoms with Gasteiger partial charge in [-0.2, -0.15) is 0 Å². The van der Waals surface area contributed by atoms with Gasteiger partial charge in [-0.3, -0.25) is 0 Å². The summed E-state index contributed by atoms with van der Waals surface area (Å²) in [5.41, 5.74) is 10.7. The molecule has 102 valence electrons. The smallest absolute Gasteiger partial charge is 0.126 e. The van der Waals surface area contributed by atoms with Crippen LogP contribution in [0.5, 0.6) is 0 Å². The van der Waals surface area contributed by atoms with Crippen molar-refractivity contribution < 1.29 is 0 Å². The van der Waals surface area contributed by atoms with Gasteiger partial charge in [-0.15, -0.1) is 0 Å². The summed E-state index contributed by atoms with van der Waals surface area (Å²) in [6.07, 6.45) is 3.85. The highest BCUT2D eigenvalue weighted by Crippen LogP contribution is 2.25. The molecule has 19 heavy (non-hydrogen) atoms. The third-order valence-electron chi connectivity index (χ3n) is 3.70. The second-order valence-corrected chi connectivity index (χ2v) is 5.61. The maximum absolute atomic E-state index is 6.30. The number of nitrogens with one attached hydrogen (secondary N) is 1. The summed E-state index contributed by atoms with van der Waals surface area (Å²) in [5, 5.41) is 0. The minimum absolute atomic E-state index is 0.382. The van der Waals surface area contributed by atoms with Crippen LogP contribution in [0.2, 0.25) is 0 Å². The van der Waals surface area contributed by atoms with Gasteiger partial charge in [-0.25, -0.2) is 4.98 Å². The fourth-order valence-electron chi connectivity index (χ4n) is 2.30. The molecule has 3 N–H and O–H groups in total. The zero-order valence-corrected chi connectivity index (χ0v) is 12.2. The second kappa shape index (κ2) is 5.17. The molecule has 0 saturated heterocycles. The van der Waals surface area contributed by atoms with Crippen molar-refractivity contribution in [2.75, 3.05) is 0 Å². The van der Waals surface area contributed by atoms with E-state index >= 15 is 0 Å². The molecule has 0 spiro atoms. The van der Waals surface area contributed by atoms with Crippen LogP contribution in [0.4, 0.5) is 0 Å². The van der Waals surface area contributed by atoms with Crippen LogP contribution < -0.4 is 5.73 Å².